The van der Waals surface area contributed by atoms with Crippen LogP contribution in [0.15, 0.2) is 30.6 Å². The van der Waals surface area contributed by atoms with Gasteiger partial charge in [0.15, 0.2) is 0 Å². The summed E-state index contributed by atoms with van der Waals surface area (Å²) in [7, 11) is 1.69. The summed E-state index contributed by atoms with van der Waals surface area (Å²) < 4.78 is 7.30. The maximum absolute atomic E-state index is 12.8. The second-order valence-electron chi connectivity index (χ2n) is 5.95. The van der Waals surface area contributed by atoms with Crippen LogP contribution in [0.4, 0.5) is 0 Å². The molecule has 3 heterocycles. The fourth-order valence-corrected chi connectivity index (χ4v) is 2.79. The van der Waals surface area contributed by atoms with Gasteiger partial charge in [0.2, 0.25) is 5.82 Å². The Morgan fingerprint density at radius 2 is 2.12 bits per heavy atom. The van der Waals surface area contributed by atoms with Crippen LogP contribution in [-0.4, -0.2) is 70.9 Å². The second kappa shape index (κ2) is 6.96. The summed E-state index contributed by atoms with van der Waals surface area (Å²) in [5.74, 6) is 0.443. The first-order valence-corrected chi connectivity index (χ1v) is 8.13. The number of amides is 1. The molecule has 11 heteroatoms. The molecule has 1 aliphatic rings. The van der Waals surface area contributed by atoms with Gasteiger partial charge in [-0.25, -0.2) is 4.68 Å². The highest BCUT2D eigenvalue weighted by Crippen LogP contribution is 2.20. The van der Waals surface area contributed by atoms with Gasteiger partial charge in [0.25, 0.3) is 5.91 Å². The van der Waals surface area contributed by atoms with Gasteiger partial charge in [-0.1, -0.05) is 12.1 Å². The van der Waals surface area contributed by atoms with Crippen LogP contribution in [0.25, 0.3) is 0 Å². The predicted octanol–water partition coefficient (Wildman–Crippen LogP) is -0.541. The number of aryl methyl sites for hydroxylation is 1. The van der Waals surface area contributed by atoms with Crippen molar-refractivity contribution in [3.63, 3.8) is 0 Å². The number of benzene rings is 1. The number of ether oxygens (including phenoxy) is 1. The van der Waals surface area contributed by atoms with Crippen molar-refractivity contribution < 1.29 is 9.53 Å². The third-order valence-corrected chi connectivity index (χ3v) is 4.10. The smallest absolute Gasteiger partial charge is 0.254 e. The fraction of sp³-hybridized carbons (Fsp3) is 0.400. The summed E-state index contributed by atoms with van der Waals surface area (Å²) in [6, 6.07) is 7.42. The topological polar surface area (TPSA) is 117 Å². The predicted molar refractivity (Wildman–Crippen MR) is 86.8 cm³/mol. The van der Waals surface area contributed by atoms with Crippen molar-refractivity contribution in [3.8, 4) is 0 Å². The van der Waals surface area contributed by atoms with Crippen molar-refractivity contribution in [3.05, 3.63) is 47.5 Å². The highest BCUT2D eigenvalue weighted by Gasteiger charge is 2.28. The zero-order valence-corrected chi connectivity index (χ0v) is 14.1. The highest BCUT2D eigenvalue weighted by atomic mass is 16.5. The van der Waals surface area contributed by atoms with Gasteiger partial charge >= 0.3 is 0 Å². The van der Waals surface area contributed by atoms with Crippen LogP contribution in [0.1, 0.15) is 27.8 Å². The molecule has 1 aliphatic heterocycles. The molecule has 1 atom stereocenters. The molecule has 11 nitrogen and oxygen atoms in total. The van der Waals surface area contributed by atoms with Crippen LogP contribution in [0, 0.1) is 0 Å². The lowest BCUT2D eigenvalue weighted by molar-refractivity contribution is -0.0269. The molecule has 1 saturated heterocycles. The van der Waals surface area contributed by atoms with Crippen molar-refractivity contribution in [1.82, 2.24) is 45.3 Å². The van der Waals surface area contributed by atoms with E-state index in [9.17, 15) is 4.79 Å². The van der Waals surface area contributed by atoms with E-state index in [1.165, 1.54) is 4.80 Å². The molecule has 4 rings (SSSR count). The van der Waals surface area contributed by atoms with E-state index in [0.29, 0.717) is 37.6 Å². The third-order valence-electron chi connectivity index (χ3n) is 4.10. The van der Waals surface area contributed by atoms with Gasteiger partial charge in [0.1, 0.15) is 12.4 Å². The Bertz CT molecular complexity index is 875. The van der Waals surface area contributed by atoms with Gasteiger partial charge in [-0.15, -0.1) is 15.3 Å². The fourth-order valence-electron chi connectivity index (χ4n) is 2.79. The maximum Gasteiger partial charge on any atom is 0.254 e. The molecule has 1 fully saturated rings. The van der Waals surface area contributed by atoms with Crippen molar-refractivity contribution >= 4 is 5.91 Å². The molecule has 3 aromatic rings. The number of tetrazole rings is 2. The molecule has 2 aromatic heterocycles. The summed E-state index contributed by atoms with van der Waals surface area (Å²) >= 11 is 0. The number of nitrogens with zero attached hydrogens (tertiary/aromatic N) is 9. The van der Waals surface area contributed by atoms with E-state index in [2.05, 4.69) is 30.9 Å². The summed E-state index contributed by atoms with van der Waals surface area (Å²) in [5.41, 5.74) is 1.63. The minimum absolute atomic E-state index is 0.0452. The average molecular weight is 355 g/mol. The van der Waals surface area contributed by atoms with Crippen LogP contribution in [-0.2, 0) is 18.3 Å². The molecule has 1 aromatic carbocycles. The largest absolute Gasteiger partial charge is 0.366 e. The molecular weight excluding hydrogens is 338 g/mol. The van der Waals surface area contributed by atoms with Gasteiger partial charge in [-0.2, -0.15) is 4.80 Å². The van der Waals surface area contributed by atoms with Crippen LogP contribution in [0.3, 0.4) is 0 Å². The average Bonchev–Trinajstić information content (AvgIpc) is 3.34. The lowest BCUT2D eigenvalue weighted by Gasteiger charge is -2.31. The highest BCUT2D eigenvalue weighted by molar-refractivity contribution is 5.94. The van der Waals surface area contributed by atoms with Gasteiger partial charge in [0.05, 0.1) is 26.7 Å². The SMILES string of the molecule is Cn1nnc(C2CN(C(=O)c3ccc(Cn4cnnn4)cc3)CCO2)n1. The van der Waals surface area contributed by atoms with E-state index in [4.69, 9.17) is 4.74 Å². The molecule has 0 bridgehead atoms. The van der Waals surface area contributed by atoms with E-state index in [-0.39, 0.29) is 12.0 Å². The Labute approximate surface area is 148 Å². The molecule has 0 aliphatic carbocycles. The molecule has 26 heavy (non-hydrogen) atoms. The quantitative estimate of drug-likeness (QED) is 0.612. The number of hydrogen-bond donors (Lipinski definition) is 0. The van der Waals surface area contributed by atoms with E-state index in [0.717, 1.165) is 5.56 Å². The Morgan fingerprint density at radius 1 is 1.27 bits per heavy atom. The number of carbonyl (C=O) groups excluding carboxylic acids is 1. The number of aromatic nitrogens is 8. The zero-order valence-electron chi connectivity index (χ0n) is 14.1. The minimum atomic E-state index is -0.361. The van der Waals surface area contributed by atoms with Gasteiger partial charge < -0.3 is 9.64 Å². The van der Waals surface area contributed by atoms with Crippen LogP contribution < -0.4 is 0 Å². The number of hydrogen-bond acceptors (Lipinski definition) is 8. The van der Waals surface area contributed by atoms with Gasteiger partial charge in [-0.3, -0.25) is 4.79 Å². The molecule has 0 N–H and O–H groups in total. The molecule has 0 radical (unpaired) electrons. The minimum Gasteiger partial charge on any atom is -0.366 e. The van der Waals surface area contributed by atoms with Crippen molar-refractivity contribution in [2.24, 2.45) is 7.05 Å². The van der Waals surface area contributed by atoms with E-state index >= 15 is 0 Å². The number of carbonyl (C=O) groups is 1. The van der Waals surface area contributed by atoms with Crippen LogP contribution in [0.5, 0.6) is 0 Å². The molecule has 134 valence electrons. The lowest BCUT2D eigenvalue weighted by Crippen LogP contribution is -2.42. The summed E-state index contributed by atoms with van der Waals surface area (Å²) in [6.45, 7) is 1.92. The van der Waals surface area contributed by atoms with Gasteiger partial charge in [-0.05, 0) is 33.3 Å². The van der Waals surface area contributed by atoms with Crippen LogP contribution >= 0.6 is 0 Å². The maximum atomic E-state index is 12.8. The molecule has 0 saturated carbocycles. The molecule has 0 spiro atoms. The third kappa shape index (κ3) is 3.42. The first kappa shape index (κ1) is 16.3. The first-order valence-electron chi connectivity index (χ1n) is 8.13. The van der Waals surface area contributed by atoms with Crippen molar-refractivity contribution in [2.45, 2.75) is 12.6 Å². The van der Waals surface area contributed by atoms with E-state index in [1.54, 1.807) is 23.0 Å². The standard InChI is InChI=1S/C15H17N9O2/c1-22-18-14(17-20-22)13-9-23(6-7-26-13)15(25)12-4-2-11(3-5-12)8-24-10-16-19-21-24/h2-5,10,13H,6-9H2,1H3. The molecule has 1 amide bonds. The Hall–Kier alpha value is -3.21. The Morgan fingerprint density at radius 3 is 2.81 bits per heavy atom. The second-order valence-corrected chi connectivity index (χ2v) is 5.95. The Kier molecular flexibility index (Phi) is 4.35. The summed E-state index contributed by atoms with van der Waals surface area (Å²) in [4.78, 5) is 15.9. The summed E-state index contributed by atoms with van der Waals surface area (Å²) in [5, 5.41) is 23.0. The number of morpholine rings is 1. The monoisotopic (exact) mass is 355 g/mol. The van der Waals surface area contributed by atoms with Crippen LogP contribution in [0.2, 0.25) is 0 Å². The zero-order chi connectivity index (χ0) is 17.9. The normalized spacial score (nSPS) is 17.4. The number of rotatable bonds is 4. The first-order chi connectivity index (χ1) is 12.7. The summed E-state index contributed by atoms with van der Waals surface area (Å²) in [6.07, 6.45) is 1.19. The lowest BCUT2D eigenvalue weighted by atomic mass is 10.1. The van der Waals surface area contributed by atoms with Crippen molar-refractivity contribution in [2.75, 3.05) is 19.7 Å². The van der Waals surface area contributed by atoms with Gasteiger partial charge in [0, 0.05) is 12.1 Å². The Balaban J connectivity index is 1.43. The van der Waals surface area contributed by atoms with E-state index in [1.807, 2.05) is 24.3 Å². The molecular formula is C15H17N9O2. The van der Waals surface area contributed by atoms with E-state index < -0.39 is 0 Å². The van der Waals surface area contributed by atoms with Crippen molar-refractivity contribution in [1.29, 1.82) is 0 Å². The molecule has 1 unspecified atom stereocenters.